The number of carbonyl (C=O) groups excluding carboxylic acids is 2. The number of anilines is 2. The molecule has 0 aliphatic rings. The van der Waals surface area contributed by atoms with Crippen molar-refractivity contribution < 1.29 is 9.59 Å². The number of H-pyrrole nitrogens is 1. The number of amides is 2. The second-order valence-electron chi connectivity index (χ2n) is 6.57. The molecule has 1 aromatic heterocycles. The van der Waals surface area contributed by atoms with Crippen molar-refractivity contribution in [2.24, 2.45) is 0 Å². The SMILES string of the molecule is CCCC(=O)Nc1cccc(NC(=O)c2ccc3c(=O)n(CC)c(=O)[nH]c3c2)c1. The van der Waals surface area contributed by atoms with Crippen molar-refractivity contribution >= 4 is 34.1 Å². The van der Waals surface area contributed by atoms with Gasteiger partial charge in [-0.3, -0.25) is 19.0 Å². The lowest BCUT2D eigenvalue weighted by Gasteiger charge is -2.09. The number of aromatic nitrogens is 2. The third-order valence-electron chi connectivity index (χ3n) is 4.44. The van der Waals surface area contributed by atoms with Crippen molar-refractivity contribution in [3.63, 3.8) is 0 Å². The van der Waals surface area contributed by atoms with E-state index < -0.39 is 17.2 Å². The summed E-state index contributed by atoms with van der Waals surface area (Å²) in [6, 6.07) is 11.4. The summed E-state index contributed by atoms with van der Waals surface area (Å²) < 4.78 is 1.10. The molecule has 3 rings (SSSR count). The summed E-state index contributed by atoms with van der Waals surface area (Å²) in [5, 5.41) is 5.87. The van der Waals surface area contributed by atoms with E-state index in [1.807, 2.05) is 6.92 Å². The van der Waals surface area contributed by atoms with E-state index in [1.54, 1.807) is 31.2 Å². The van der Waals surface area contributed by atoms with Gasteiger partial charge in [0.1, 0.15) is 0 Å². The molecule has 0 atom stereocenters. The van der Waals surface area contributed by atoms with Crippen LogP contribution in [0, 0.1) is 0 Å². The Labute approximate surface area is 166 Å². The van der Waals surface area contributed by atoms with Crippen LogP contribution in [-0.4, -0.2) is 21.4 Å². The minimum Gasteiger partial charge on any atom is -0.326 e. The van der Waals surface area contributed by atoms with Crippen LogP contribution in [-0.2, 0) is 11.3 Å². The van der Waals surface area contributed by atoms with Gasteiger partial charge in [0.2, 0.25) is 5.91 Å². The first kappa shape index (κ1) is 20.1. The number of benzene rings is 2. The zero-order valence-electron chi connectivity index (χ0n) is 16.2. The van der Waals surface area contributed by atoms with Gasteiger partial charge < -0.3 is 15.6 Å². The topological polar surface area (TPSA) is 113 Å². The fourth-order valence-corrected chi connectivity index (χ4v) is 3.01. The van der Waals surface area contributed by atoms with Crippen LogP contribution in [0.2, 0.25) is 0 Å². The number of carbonyl (C=O) groups is 2. The number of hydrogen-bond donors (Lipinski definition) is 3. The highest BCUT2D eigenvalue weighted by Crippen LogP contribution is 2.17. The summed E-state index contributed by atoms with van der Waals surface area (Å²) in [4.78, 5) is 51.3. The van der Waals surface area contributed by atoms with E-state index in [0.29, 0.717) is 34.3 Å². The van der Waals surface area contributed by atoms with Crippen LogP contribution in [0.4, 0.5) is 11.4 Å². The second-order valence-corrected chi connectivity index (χ2v) is 6.57. The third-order valence-corrected chi connectivity index (χ3v) is 4.44. The van der Waals surface area contributed by atoms with E-state index >= 15 is 0 Å². The Bertz CT molecular complexity index is 1190. The Balaban J connectivity index is 1.84. The summed E-state index contributed by atoms with van der Waals surface area (Å²) in [5.41, 5.74) is 0.787. The van der Waals surface area contributed by atoms with Gasteiger partial charge in [-0.2, -0.15) is 0 Å². The molecule has 0 aliphatic heterocycles. The minimum atomic E-state index is -0.516. The molecule has 0 spiro atoms. The van der Waals surface area contributed by atoms with Crippen LogP contribution in [0.5, 0.6) is 0 Å². The van der Waals surface area contributed by atoms with E-state index in [4.69, 9.17) is 0 Å². The Hall–Kier alpha value is -3.68. The largest absolute Gasteiger partial charge is 0.328 e. The van der Waals surface area contributed by atoms with Gasteiger partial charge in [-0.25, -0.2) is 4.79 Å². The Morgan fingerprint density at radius 1 is 1.00 bits per heavy atom. The average Bonchev–Trinajstić information content (AvgIpc) is 2.68. The summed E-state index contributed by atoms with van der Waals surface area (Å²) in [6.45, 7) is 3.89. The molecule has 0 fully saturated rings. The van der Waals surface area contributed by atoms with Gasteiger partial charge in [-0.05, 0) is 49.7 Å². The molecule has 2 amide bonds. The molecule has 3 aromatic rings. The number of fused-ring (bicyclic) bond motifs is 1. The van der Waals surface area contributed by atoms with Crippen molar-refractivity contribution in [2.45, 2.75) is 33.2 Å². The first-order valence-corrected chi connectivity index (χ1v) is 9.41. The van der Waals surface area contributed by atoms with E-state index in [9.17, 15) is 19.2 Å². The highest BCUT2D eigenvalue weighted by atomic mass is 16.2. The van der Waals surface area contributed by atoms with Gasteiger partial charge in [0.25, 0.3) is 11.5 Å². The van der Waals surface area contributed by atoms with Gasteiger partial charge in [0, 0.05) is 29.9 Å². The third kappa shape index (κ3) is 4.43. The maximum Gasteiger partial charge on any atom is 0.328 e. The quantitative estimate of drug-likeness (QED) is 0.596. The highest BCUT2D eigenvalue weighted by Gasteiger charge is 2.11. The van der Waals surface area contributed by atoms with Crippen LogP contribution in [0.25, 0.3) is 10.9 Å². The van der Waals surface area contributed by atoms with E-state index in [2.05, 4.69) is 15.6 Å². The summed E-state index contributed by atoms with van der Waals surface area (Å²) in [5.74, 6) is -0.489. The van der Waals surface area contributed by atoms with Gasteiger partial charge in [0.05, 0.1) is 10.9 Å². The predicted molar refractivity (Wildman–Crippen MR) is 112 cm³/mol. The number of rotatable bonds is 6. The monoisotopic (exact) mass is 394 g/mol. The molecule has 8 heteroatoms. The average molecular weight is 394 g/mol. The zero-order valence-corrected chi connectivity index (χ0v) is 16.2. The fourth-order valence-electron chi connectivity index (χ4n) is 3.01. The first-order valence-electron chi connectivity index (χ1n) is 9.41. The molecule has 0 radical (unpaired) electrons. The maximum absolute atomic E-state index is 12.6. The zero-order chi connectivity index (χ0) is 21.0. The Morgan fingerprint density at radius 2 is 1.72 bits per heavy atom. The van der Waals surface area contributed by atoms with Crippen molar-refractivity contribution in [1.82, 2.24) is 9.55 Å². The molecule has 3 N–H and O–H groups in total. The number of aromatic amines is 1. The molecule has 0 aliphatic carbocycles. The lowest BCUT2D eigenvalue weighted by atomic mass is 10.1. The second kappa shape index (κ2) is 8.55. The molecule has 2 aromatic carbocycles. The molecule has 0 unspecified atom stereocenters. The van der Waals surface area contributed by atoms with Gasteiger partial charge in [-0.1, -0.05) is 13.0 Å². The minimum absolute atomic E-state index is 0.0906. The van der Waals surface area contributed by atoms with Gasteiger partial charge in [0.15, 0.2) is 0 Å². The van der Waals surface area contributed by atoms with E-state index in [-0.39, 0.29) is 12.5 Å². The summed E-state index contributed by atoms with van der Waals surface area (Å²) in [7, 11) is 0. The van der Waals surface area contributed by atoms with Gasteiger partial charge >= 0.3 is 5.69 Å². The molecule has 0 saturated carbocycles. The summed E-state index contributed by atoms with van der Waals surface area (Å²) >= 11 is 0. The van der Waals surface area contributed by atoms with Crippen molar-refractivity contribution in [3.8, 4) is 0 Å². The normalized spacial score (nSPS) is 10.7. The Morgan fingerprint density at radius 3 is 2.41 bits per heavy atom. The molecule has 150 valence electrons. The number of nitrogens with one attached hydrogen (secondary N) is 3. The predicted octanol–water partition coefficient (Wildman–Crippen LogP) is 2.70. The molecular weight excluding hydrogens is 372 g/mol. The maximum atomic E-state index is 12.6. The smallest absolute Gasteiger partial charge is 0.326 e. The first-order chi connectivity index (χ1) is 13.9. The van der Waals surface area contributed by atoms with Crippen LogP contribution in [0.3, 0.4) is 0 Å². The molecule has 0 saturated heterocycles. The molecule has 0 bridgehead atoms. The molecule has 8 nitrogen and oxygen atoms in total. The Kier molecular flexibility index (Phi) is 5.92. The van der Waals surface area contributed by atoms with Crippen molar-refractivity contribution in [1.29, 1.82) is 0 Å². The van der Waals surface area contributed by atoms with Crippen molar-refractivity contribution in [2.75, 3.05) is 10.6 Å². The molecule has 1 heterocycles. The van der Waals surface area contributed by atoms with Crippen LogP contribution >= 0.6 is 0 Å². The van der Waals surface area contributed by atoms with Gasteiger partial charge in [-0.15, -0.1) is 0 Å². The number of nitrogens with zero attached hydrogens (tertiary/aromatic N) is 1. The van der Waals surface area contributed by atoms with Crippen LogP contribution < -0.4 is 21.9 Å². The van der Waals surface area contributed by atoms with E-state index in [0.717, 1.165) is 11.0 Å². The lowest BCUT2D eigenvalue weighted by Crippen LogP contribution is -2.34. The van der Waals surface area contributed by atoms with Crippen LogP contribution in [0.15, 0.2) is 52.1 Å². The lowest BCUT2D eigenvalue weighted by molar-refractivity contribution is -0.116. The fraction of sp³-hybridized carbons (Fsp3) is 0.238. The number of hydrogen-bond acceptors (Lipinski definition) is 4. The standard InChI is InChI=1S/C21H22N4O4/c1-3-6-18(26)22-14-7-5-8-15(12-14)23-19(27)13-9-10-16-17(11-13)24-21(29)25(4-2)20(16)28/h5,7-12H,3-4,6H2,1-2H3,(H,22,26)(H,23,27)(H,24,29). The summed E-state index contributed by atoms with van der Waals surface area (Å²) in [6.07, 6.45) is 1.17. The van der Waals surface area contributed by atoms with Crippen molar-refractivity contribution in [3.05, 3.63) is 68.9 Å². The van der Waals surface area contributed by atoms with E-state index in [1.165, 1.54) is 18.2 Å². The molecule has 29 heavy (non-hydrogen) atoms. The molecular formula is C21H22N4O4. The van der Waals surface area contributed by atoms with Crippen LogP contribution in [0.1, 0.15) is 37.0 Å². The highest BCUT2D eigenvalue weighted by molar-refractivity contribution is 6.06.